The SMILES string of the molecule is CCOC(=O)C(C(=O)OCC)n1cnc2c(nnn2-c2cccc(C)c2)c1=O. The lowest BCUT2D eigenvalue weighted by atomic mass is 10.2. The third kappa shape index (κ3) is 3.48. The van der Waals surface area contributed by atoms with Gasteiger partial charge in [-0.05, 0) is 38.5 Å². The monoisotopic (exact) mass is 385 g/mol. The molecule has 0 aliphatic heterocycles. The number of carbonyl (C=O) groups is 2. The minimum Gasteiger partial charge on any atom is -0.464 e. The number of ether oxygens (including phenoxy) is 2. The molecule has 146 valence electrons. The molecule has 0 saturated carbocycles. The highest BCUT2D eigenvalue weighted by atomic mass is 16.6. The molecule has 2 aromatic heterocycles. The normalized spacial score (nSPS) is 11.0. The Hall–Kier alpha value is -3.56. The second-order valence-corrected chi connectivity index (χ2v) is 5.88. The van der Waals surface area contributed by atoms with Crippen molar-refractivity contribution in [3.63, 3.8) is 0 Å². The highest BCUT2D eigenvalue weighted by molar-refractivity contribution is 5.97. The molecule has 0 amide bonds. The van der Waals surface area contributed by atoms with Gasteiger partial charge in [-0.25, -0.2) is 14.6 Å². The van der Waals surface area contributed by atoms with Crippen LogP contribution in [0.5, 0.6) is 0 Å². The fourth-order valence-electron chi connectivity index (χ4n) is 2.71. The zero-order chi connectivity index (χ0) is 20.3. The molecule has 0 saturated heterocycles. The van der Waals surface area contributed by atoms with Crippen LogP contribution in [0.2, 0.25) is 0 Å². The molecule has 0 radical (unpaired) electrons. The Balaban J connectivity index is 2.12. The largest absolute Gasteiger partial charge is 0.464 e. The predicted molar refractivity (Wildman–Crippen MR) is 98.0 cm³/mol. The summed E-state index contributed by atoms with van der Waals surface area (Å²) in [7, 11) is 0. The topological polar surface area (TPSA) is 118 Å². The third-order valence-corrected chi connectivity index (χ3v) is 3.93. The Morgan fingerprint density at radius 1 is 1.14 bits per heavy atom. The van der Waals surface area contributed by atoms with Gasteiger partial charge in [0.25, 0.3) is 5.56 Å². The summed E-state index contributed by atoms with van der Waals surface area (Å²) in [5.74, 6) is -1.81. The Morgan fingerprint density at radius 2 is 1.82 bits per heavy atom. The van der Waals surface area contributed by atoms with Crippen molar-refractivity contribution in [2.75, 3.05) is 13.2 Å². The molecule has 1 aromatic carbocycles. The van der Waals surface area contributed by atoms with Crippen molar-refractivity contribution >= 4 is 23.1 Å². The van der Waals surface area contributed by atoms with Crippen molar-refractivity contribution in [1.82, 2.24) is 24.5 Å². The van der Waals surface area contributed by atoms with Gasteiger partial charge in [0.05, 0.1) is 18.9 Å². The first-order valence-corrected chi connectivity index (χ1v) is 8.70. The van der Waals surface area contributed by atoms with E-state index in [1.165, 1.54) is 4.68 Å². The molecular formula is C18H19N5O5. The number of rotatable bonds is 6. The molecule has 10 heteroatoms. The van der Waals surface area contributed by atoms with Crippen LogP contribution in [0.25, 0.3) is 16.9 Å². The van der Waals surface area contributed by atoms with Crippen LogP contribution in [-0.2, 0) is 19.1 Å². The van der Waals surface area contributed by atoms with Crippen LogP contribution in [-0.4, -0.2) is 49.7 Å². The molecule has 0 aliphatic carbocycles. The van der Waals surface area contributed by atoms with Crippen molar-refractivity contribution in [3.05, 3.63) is 46.5 Å². The molecule has 0 N–H and O–H groups in total. The molecular weight excluding hydrogens is 366 g/mol. The standard InChI is InChI=1S/C18H19N5O5/c1-4-27-17(25)14(18(26)28-5-2)22-10-19-15-13(16(22)24)20-21-23(15)12-8-6-7-11(3)9-12/h6-10,14H,4-5H2,1-3H3. The fraction of sp³-hybridized carbons (Fsp3) is 0.333. The quantitative estimate of drug-likeness (QED) is 0.455. The van der Waals surface area contributed by atoms with Crippen LogP contribution in [0.15, 0.2) is 35.4 Å². The second kappa shape index (κ2) is 7.99. The highest BCUT2D eigenvalue weighted by Gasteiger charge is 2.33. The average molecular weight is 385 g/mol. The first kappa shape index (κ1) is 19.2. The van der Waals surface area contributed by atoms with Crippen molar-refractivity contribution < 1.29 is 19.1 Å². The number of aryl methyl sites for hydroxylation is 1. The van der Waals surface area contributed by atoms with E-state index in [1.54, 1.807) is 19.9 Å². The van der Waals surface area contributed by atoms with Gasteiger partial charge in [0.1, 0.15) is 6.33 Å². The van der Waals surface area contributed by atoms with Crippen molar-refractivity contribution in [2.45, 2.75) is 26.8 Å². The molecule has 0 aliphatic rings. The van der Waals surface area contributed by atoms with Crippen LogP contribution in [0, 0.1) is 6.92 Å². The first-order chi connectivity index (χ1) is 13.5. The van der Waals surface area contributed by atoms with Gasteiger partial charge in [-0.15, -0.1) is 5.10 Å². The molecule has 28 heavy (non-hydrogen) atoms. The summed E-state index contributed by atoms with van der Waals surface area (Å²) in [6.07, 6.45) is 1.10. The molecule has 10 nitrogen and oxygen atoms in total. The van der Waals surface area contributed by atoms with Gasteiger partial charge in [0.2, 0.25) is 6.04 Å². The molecule has 0 bridgehead atoms. The van der Waals surface area contributed by atoms with E-state index in [2.05, 4.69) is 15.3 Å². The molecule has 0 spiro atoms. The summed E-state index contributed by atoms with van der Waals surface area (Å²) in [4.78, 5) is 41.6. The highest BCUT2D eigenvalue weighted by Crippen LogP contribution is 2.15. The van der Waals surface area contributed by atoms with E-state index in [0.29, 0.717) is 5.69 Å². The lowest BCUT2D eigenvalue weighted by Crippen LogP contribution is -2.37. The average Bonchev–Trinajstić information content (AvgIpc) is 3.09. The van der Waals surface area contributed by atoms with Gasteiger partial charge < -0.3 is 9.47 Å². The Morgan fingerprint density at radius 3 is 2.43 bits per heavy atom. The molecule has 2 heterocycles. The lowest BCUT2D eigenvalue weighted by Gasteiger charge is -2.16. The van der Waals surface area contributed by atoms with Crippen LogP contribution in [0.4, 0.5) is 0 Å². The van der Waals surface area contributed by atoms with Gasteiger partial charge in [-0.2, -0.15) is 4.68 Å². The number of nitrogens with zero attached hydrogens (tertiary/aromatic N) is 5. The van der Waals surface area contributed by atoms with Crippen LogP contribution in [0.1, 0.15) is 25.5 Å². The van der Waals surface area contributed by atoms with Crippen LogP contribution < -0.4 is 5.56 Å². The van der Waals surface area contributed by atoms with Crippen molar-refractivity contribution in [2.24, 2.45) is 0 Å². The summed E-state index contributed by atoms with van der Waals surface area (Å²) in [5, 5.41) is 7.88. The number of benzene rings is 1. The van der Waals surface area contributed by atoms with Crippen molar-refractivity contribution in [3.8, 4) is 5.69 Å². The molecule has 3 rings (SSSR count). The minimum absolute atomic E-state index is 0.0443. The molecule has 0 atom stereocenters. The van der Waals surface area contributed by atoms with E-state index < -0.39 is 23.5 Å². The Kier molecular flexibility index (Phi) is 5.48. The van der Waals surface area contributed by atoms with E-state index in [4.69, 9.17) is 9.47 Å². The predicted octanol–water partition coefficient (Wildman–Crippen LogP) is 0.953. The summed E-state index contributed by atoms with van der Waals surface area (Å²) in [5.41, 5.74) is 1.11. The number of aromatic nitrogens is 5. The summed E-state index contributed by atoms with van der Waals surface area (Å²) in [6.45, 7) is 5.20. The smallest absolute Gasteiger partial charge is 0.341 e. The fourth-order valence-corrected chi connectivity index (χ4v) is 2.71. The van der Waals surface area contributed by atoms with Crippen LogP contribution >= 0.6 is 0 Å². The maximum atomic E-state index is 12.9. The lowest BCUT2D eigenvalue weighted by molar-refractivity contribution is -0.160. The van der Waals surface area contributed by atoms with Crippen molar-refractivity contribution in [1.29, 1.82) is 0 Å². The van der Waals surface area contributed by atoms with Gasteiger partial charge in [-0.1, -0.05) is 17.3 Å². The van der Waals surface area contributed by atoms with E-state index in [-0.39, 0.29) is 24.4 Å². The molecule has 0 unspecified atom stereocenters. The van der Waals surface area contributed by atoms with Crippen LogP contribution in [0.3, 0.4) is 0 Å². The summed E-state index contributed by atoms with van der Waals surface area (Å²) < 4.78 is 12.1. The Labute approximate surface area is 159 Å². The van der Waals surface area contributed by atoms with Gasteiger partial charge in [0, 0.05) is 0 Å². The number of hydrogen-bond donors (Lipinski definition) is 0. The second-order valence-electron chi connectivity index (χ2n) is 5.88. The molecule has 3 aromatic rings. The van der Waals surface area contributed by atoms with Gasteiger partial charge in [-0.3, -0.25) is 9.36 Å². The number of fused-ring (bicyclic) bond motifs is 1. The van der Waals surface area contributed by atoms with E-state index in [9.17, 15) is 14.4 Å². The minimum atomic E-state index is -1.60. The maximum Gasteiger partial charge on any atom is 0.341 e. The maximum absolute atomic E-state index is 12.9. The number of hydrogen-bond acceptors (Lipinski definition) is 8. The Bertz CT molecular complexity index is 1070. The first-order valence-electron chi connectivity index (χ1n) is 8.70. The van der Waals surface area contributed by atoms with E-state index in [0.717, 1.165) is 16.5 Å². The van der Waals surface area contributed by atoms with E-state index >= 15 is 0 Å². The zero-order valence-corrected chi connectivity index (χ0v) is 15.7. The molecule has 0 fully saturated rings. The van der Waals surface area contributed by atoms with E-state index in [1.807, 2.05) is 25.1 Å². The summed E-state index contributed by atoms with van der Waals surface area (Å²) >= 11 is 0. The number of carbonyl (C=O) groups excluding carboxylic acids is 2. The zero-order valence-electron chi connectivity index (χ0n) is 15.7. The third-order valence-electron chi connectivity index (χ3n) is 3.93. The van der Waals surface area contributed by atoms with Gasteiger partial charge >= 0.3 is 11.9 Å². The summed E-state index contributed by atoms with van der Waals surface area (Å²) in [6, 6.07) is 5.83. The number of esters is 2. The van der Waals surface area contributed by atoms with Gasteiger partial charge in [0.15, 0.2) is 11.2 Å².